The van der Waals surface area contributed by atoms with Crippen LogP contribution in [-0.2, 0) is 0 Å². The average molecular weight is 263 g/mol. The van der Waals surface area contributed by atoms with Gasteiger partial charge in [-0.05, 0) is 38.3 Å². The Morgan fingerprint density at radius 2 is 2.37 bits per heavy atom. The van der Waals surface area contributed by atoms with E-state index in [0.717, 1.165) is 37.1 Å². The molecule has 1 atom stereocenters. The Labute approximate surface area is 115 Å². The summed E-state index contributed by atoms with van der Waals surface area (Å²) in [6.45, 7) is 6.50. The van der Waals surface area contributed by atoms with E-state index in [1.165, 1.54) is 25.9 Å². The zero-order valence-electron chi connectivity index (χ0n) is 12.0. The van der Waals surface area contributed by atoms with Crippen LogP contribution >= 0.6 is 0 Å². The molecule has 0 saturated carbocycles. The summed E-state index contributed by atoms with van der Waals surface area (Å²) in [6.07, 6.45) is 5.27. The molecule has 19 heavy (non-hydrogen) atoms. The largest absolute Gasteiger partial charge is 0.370 e. The molecule has 2 heterocycles. The first kappa shape index (κ1) is 14.1. The Hall–Kier alpha value is -1.36. The van der Waals surface area contributed by atoms with Crippen LogP contribution in [0, 0.1) is 5.92 Å². The van der Waals surface area contributed by atoms with Crippen molar-refractivity contribution in [3.8, 4) is 0 Å². The molecule has 0 aromatic carbocycles. The third kappa shape index (κ3) is 4.35. The lowest BCUT2D eigenvalue weighted by Crippen LogP contribution is -2.23. The molecule has 0 amide bonds. The number of anilines is 2. The molecule has 1 saturated heterocycles. The van der Waals surface area contributed by atoms with E-state index < -0.39 is 0 Å². The molecule has 1 aromatic rings. The maximum absolute atomic E-state index is 4.35. The van der Waals surface area contributed by atoms with Gasteiger partial charge in [0.1, 0.15) is 18.0 Å². The lowest BCUT2D eigenvalue weighted by atomic mass is 10.1. The predicted octanol–water partition coefficient (Wildman–Crippen LogP) is 1.73. The number of hydrogen-bond donors (Lipinski definition) is 2. The molecule has 1 unspecified atom stereocenters. The summed E-state index contributed by atoms with van der Waals surface area (Å²) < 4.78 is 0. The van der Waals surface area contributed by atoms with Gasteiger partial charge < -0.3 is 15.5 Å². The molecule has 2 N–H and O–H groups in total. The van der Waals surface area contributed by atoms with Gasteiger partial charge in [-0.2, -0.15) is 0 Å². The summed E-state index contributed by atoms with van der Waals surface area (Å²) in [5.74, 6) is 2.74. The highest BCUT2D eigenvalue weighted by atomic mass is 15.2. The normalized spacial score (nSPS) is 18.5. The van der Waals surface area contributed by atoms with E-state index in [2.05, 4.69) is 39.5 Å². The first-order chi connectivity index (χ1) is 9.29. The van der Waals surface area contributed by atoms with Crippen molar-refractivity contribution in [1.29, 1.82) is 0 Å². The molecular formula is C14H25N5. The van der Waals surface area contributed by atoms with Crippen molar-refractivity contribution < 1.29 is 0 Å². The molecule has 1 fully saturated rings. The van der Waals surface area contributed by atoms with Gasteiger partial charge in [0.25, 0.3) is 0 Å². The second-order valence-corrected chi connectivity index (χ2v) is 5.26. The number of aromatic nitrogens is 2. The quantitative estimate of drug-likeness (QED) is 0.785. The van der Waals surface area contributed by atoms with Crippen LogP contribution in [0.15, 0.2) is 12.4 Å². The van der Waals surface area contributed by atoms with E-state index in [-0.39, 0.29) is 0 Å². The number of nitrogens with one attached hydrogen (secondary N) is 2. The molecular weight excluding hydrogens is 238 g/mol. The first-order valence-corrected chi connectivity index (χ1v) is 7.27. The Morgan fingerprint density at radius 3 is 3.11 bits per heavy atom. The summed E-state index contributed by atoms with van der Waals surface area (Å²) in [5.41, 5.74) is 0. The molecule has 1 aromatic heterocycles. The summed E-state index contributed by atoms with van der Waals surface area (Å²) >= 11 is 0. The van der Waals surface area contributed by atoms with Gasteiger partial charge in [0.05, 0.1) is 0 Å². The van der Waals surface area contributed by atoms with E-state index in [0.29, 0.717) is 0 Å². The molecule has 1 aliphatic rings. The number of rotatable bonds is 7. The highest BCUT2D eigenvalue weighted by Gasteiger charge is 2.15. The molecule has 5 nitrogen and oxygen atoms in total. The Morgan fingerprint density at radius 1 is 1.47 bits per heavy atom. The summed E-state index contributed by atoms with van der Waals surface area (Å²) in [4.78, 5) is 10.8. The van der Waals surface area contributed by atoms with Gasteiger partial charge in [-0.15, -0.1) is 0 Å². The van der Waals surface area contributed by atoms with E-state index in [1.807, 2.05) is 6.07 Å². The van der Waals surface area contributed by atoms with Crippen molar-refractivity contribution in [2.75, 3.05) is 43.4 Å². The predicted molar refractivity (Wildman–Crippen MR) is 79.7 cm³/mol. The second-order valence-electron chi connectivity index (χ2n) is 5.26. The van der Waals surface area contributed by atoms with E-state index in [9.17, 15) is 0 Å². The Bertz CT molecular complexity index is 376. The van der Waals surface area contributed by atoms with Crippen molar-refractivity contribution in [2.24, 2.45) is 5.92 Å². The molecule has 0 radical (unpaired) electrons. The van der Waals surface area contributed by atoms with Gasteiger partial charge in [0.2, 0.25) is 0 Å². The lowest BCUT2D eigenvalue weighted by molar-refractivity contribution is 0.532. The van der Waals surface area contributed by atoms with Crippen LogP contribution in [0.2, 0.25) is 0 Å². The fourth-order valence-electron chi connectivity index (χ4n) is 2.36. The van der Waals surface area contributed by atoms with Crippen molar-refractivity contribution in [1.82, 2.24) is 15.3 Å². The minimum absolute atomic E-state index is 0.821. The standard InChI is InChI=1S/C14H25N5/c1-3-6-16-13-9-14(18-11-17-13)19(2)8-5-12-4-7-15-10-12/h9,11-12,15H,3-8,10H2,1-2H3,(H,16,17,18). The fourth-order valence-corrected chi connectivity index (χ4v) is 2.36. The molecule has 106 valence electrons. The summed E-state index contributed by atoms with van der Waals surface area (Å²) in [7, 11) is 2.11. The highest BCUT2D eigenvalue weighted by Crippen LogP contribution is 2.16. The Balaban J connectivity index is 1.84. The van der Waals surface area contributed by atoms with Gasteiger partial charge >= 0.3 is 0 Å². The van der Waals surface area contributed by atoms with Gasteiger partial charge in [-0.3, -0.25) is 0 Å². The minimum Gasteiger partial charge on any atom is -0.370 e. The number of nitrogens with zero attached hydrogens (tertiary/aromatic N) is 3. The zero-order chi connectivity index (χ0) is 13.5. The van der Waals surface area contributed by atoms with Gasteiger partial charge in [0, 0.05) is 26.2 Å². The third-order valence-electron chi connectivity index (χ3n) is 3.63. The van der Waals surface area contributed by atoms with Crippen molar-refractivity contribution in [2.45, 2.75) is 26.2 Å². The molecule has 5 heteroatoms. The molecule has 0 spiro atoms. The van der Waals surface area contributed by atoms with Crippen LogP contribution in [0.3, 0.4) is 0 Å². The van der Waals surface area contributed by atoms with E-state index >= 15 is 0 Å². The average Bonchev–Trinajstić information content (AvgIpc) is 2.96. The smallest absolute Gasteiger partial charge is 0.133 e. The van der Waals surface area contributed by atoms with Crippen molar-refractivity contribution in [3.05, 3.63) is 12.4 Å². The third-order valence-corrected chi connectivity index (χ3v) is 3.63. The summed E-state index contributed by atoms with van der Waals surface area (Å²) in [5, 5.41) is 6.71. The van der Waals surface area contributed by atoms with Crippen LogP contribution in [0.25, 0.3) is 0 Å². The summed E-state index contributed by atoms with van der Waals surface area (Å²) in [6, 6.07) is 2.03. The topological polar surface area (TPSA) is 53.1 Å². The van der Waals surface area contributed by atoms with Crippen molar-refractivity contribution >= 4 is 11.6 Å². The highest BCUT2D eigenvalue weighted by molar-refractivity contribution is 5.47. The van der Waals surface area contributed by atoms with Crippen molar-refractivity contribution in [3.63, 3.8) is 0 Å². The second kappa shape index (κ2) is 7.28. The number of hydrogen-bond acceptors (Lipinski definition) is 5. The monoisotopic (exact) mass is 263 g/mol. The molecule has 1 aliphatic heterocycles. The van der Waals surface area contributed by atoms with Crippen LogP contribution in [0.5, 0.6) is 0 Å². The molecule has 0 bridgehead atoms. The van der Waals surface area contributed by atoms with Crippen LogP contribution in [0.4, 0.5) is 11.6 Å². The maximum atomic E-state index is 4.35. The maximum Gasteiger partial charge on any atom is 0.133 e. The SMILES string of the molecule is CCCNc1cc(N(C)CCC2CCNC2)ncn1. The van der Waals surface area contributed by atoms with Crippen LogP contribution < -0.4 is 15.5 Å². The molecule has 0 aliphatic carbocycles. The van der Waals surface area contributed by atoms with Gasteiger partial charge in [0.15, 0.2) is 0 Å². The van der Waals surface area contributed by atoms with Gasteiger partial charge in [-0.1, -0.05) is 6.92 Å². The molecule has 2 rings (SSSR count). The van der Waals surface area contributed by atoms with Crippen LogP contribution in [0.1, 0.15) is 26.2 Å². The van der Waals surface area contributed by atoms with E-state index in [4.69, 9.17) is 0 Å². The van der Waals surface area contributed by atoms with E-state index in [1.54, 1.807) is 6.33 Å². The van der Waals surface area contributed by atoms with Crippen LogP contribution in [-0.4, -0.2) is 43.2 Å². The Kier molecular flexibility index (Phi) is 5.39. The fraction of sp³-hybridized carbons (Fsp3) is 0.714. The van der Waals surface area contributed by atoms with Gasteiger partial charge in [-0.25, -0.2) is 9.97 Å². The first-order valence-electron chi connectivity index (χ1n) is 7.27. The lowest BCUT2D eigenvalue weighted by Gasteiger charge is -2.20. The zero-order valence-corrected chi connectivity index (χ0v) is 12.0. The minimum atomic E-state index is 0.821.